The van der Waals surface area contributed by atoms with Crippen LogP contribution >= 0.6 is 0 Å². The van der Waals surface area contributed by atoms with E-state index in [0.29, 0.717) is 6.42 Å². The first-order valence-electron chi connectivity index (χ1n) is 4.23. The van der Waals surface area contributed by atoms with Crippen LogP contribution < -0.4 is 5.32 Å². The van der Waals surface area contributed by atoms with Gasteiger partial charge in [0, 0.05) is 6.26 Å². The van der Waals surface area contributed by atoms with Crippen molar-refractivity contribution in [2.24, 2.45) is 0 Å². The lowest BCUT2D eigenvalue weighted by atomic mass is 10.2. The molecule has 0 aliphatic rings. The minimum atomic E-state index is -2.92. The van der Waals surface area contributed by atoms with E-state index in [2.05, 4.69) is 20.7 Å². The largest absolute Gasteiger partial charge is 0.312 e. The number of rotatable bonds is 5. The molecule has 1 aromatic heterocycles. The lowest BCUT2D eigenvalue weighted by Crippen LogP contribution is -2.20. The predicted molar refractivity (Wildman–Crippen MR) is 52.5 cm³/mol. The normalized spacial score (nSPS) is 14.1. The van der Waals surface area contributed by atoms with E-state index < -0.39 is 9.84 Å². The van der Waals surface area contributed by atoms with Gasteiger partial charge in [-0.2, -0.15) is 15.4 Å². The molecule has 1 heterocycles. The molecule has 1 rings (SSSR count). The zero-order valence-corrected chi connectivity index (χ0v) is 9.00. The highest BCUT2D eigenvalue weighted by atomic mass is 32.2. The fraction of sp³-hybridized carbons (Fsp3) is 0.714. The van der Waals surface area contributed by atoms with Crippen molar-refractivity contribution in [3.63, 3.8) is 0 Å². The Morgan fingerprint density at radius 3 is 2.79 bits per heavy atom. The van der Waals surface area contributed by atoms with Crippen LogP contribution in [-0.4, -0.2) is 42.9 Å². The van der Waals surface area contributed by atoms with Crippen LogP contribution in [-0.2, 0) is 9.84 Å². The molecule has 1 aromatic rings. The Kier molecular flexibility index (Phi) is 3.59. The molecular weight excluding hydrogens is 204 g/mol. The van der Waals surface area contributed by atoms with Crippen molar-refractivity contribution in [2.45, 2.75) is 12.5 Å². The number of hydrogen-bond acceptors (Lipinski definition) is 5. The number of hydrogen-bond donors (Lipinski definition) is 2. The van der Waals surface area contributed by atoms with Gasteiger partial charge in [0.15, 0.2) is 0 Å². The van der Waals surface area contributed by atoms with Gasteiger partial charge in [-0.3, -0.25) is 0 Å². The number of aromatic nitrogens is 3. The third-order valence-corrected chi connectivity index (χ3v) is 2.89. The summed E-state index contributed by atoms with van der Waals surface area (Å²) < 4.78 is 21.9. The molecule has 6 nitrogen and oxygen atoms in total. The summed E-state index contributed by atoms with van der Waals surface area (Å²) in [4.78, 5) is 0. The number of H-pyrrole nitrogens is 1. The standard InChI is InChI=1S/C7H14N4O2S/c1-8-6(3-4-14(2,12)13)7-5-9-11-10-7/h5-6,8H,3-4H2,1-2H3,(H,9,10,11). The van der Waals surface area contributed by atoms with Crippen LogP contribution in [0, 0.1) is 0 Å². The molecule has 14 heavy (non-hydrogen) atoms. The molecule has 2 N–H and O–H groups in total. The minimum Gasteiger partial charge on any atom is -0.312 e. The molecule has 0 aliphatic carbocycles. The van der Waals surface area contributed by atoms with Gasteiger partial charge in [-0.1, -0.05) is 0 Å². The molecule has 7 heteroatoms. The second-order valence-corrected chi connectivity index (χ2v) is 5.41. The zero-order valence-electron chi connectivity index (χ0n) is 8.19. The van der Waals surface area contributed by atoms with E-state index in [4.69, 9.17) is 0 Å². The maximum atomic E-state index is 10.9. The SMILES string of the molecule is CNC(CCS(C)(=O)=O)c1cn[nH]n1. The maximum absolute atomic E-state index is 10.9. The smallest absolute Gasteiger partial charge is 0.147 e. The van der Waals surface area contributed by atoms with Gasteiger partial charge >= 0.3 is 0 Å². The van der Waals surface area contributed by atoms with Crippen molar-refractivity contribution >= 4 is 9.84 Å². The Balaban J connectivity index is 2.57. The van der Waals surface area contributed by atoms with Crippen molar-refractivity contribution < 1.29 is 8.42 Å². The summed E-state index contributed by atoms with van der Waals surface area (Å²) in [5.74, 6) is 0.144. The Hall–Kier alpha value is -0.950. The Morgan fingerprint density at radius 1 is 1.64 bits per heavy atom. The number of aromatic amines is 1. The highest BCUT2D eigenvalue weighted by molar-refractivity contribution is 7.90. The summed E-state index contributed by atoms with van der Waals surface area (Å²) >= 11 is 0. The second kappa shape index (κ2) is 4.52. The van der Waals surface area contributed by atoms with Crippen LogP contribution in [0.1, 0.15) is 18.2 Å². The summed E-state index contributed by atoms with van der Waals surface area (Å²) in [6, 6.07) is -0.0662. The van der Waals surface area contributed by atoms with Gasteiger partial charge in [-0.25, -0.2) is 8.42 Å². The van der Waals surface area contributed by atoms with E-state index in [1.807, 2.05) is 0 Å². The third-order valence-electron chi connectivity index (χ3n) is 1.92. The van der Waals surface area contributed by atoms with Gasteiger partial charge in [0.25, 0.3) is 0 Å². The first kappa shape index (κ1) is 11.1. The molecule has 0 saturated heterocycles. The third kappa shape index (κ3) is 3.43. The van der Waals surface area contributed by atoms with Crippen molar-refractivity contribution in [3.8, 4) is 0 Å². The van der Waals surface area contributed by atoms with Crippen LogP contribution in [0.25, 0.3) is 0 Å². The highest BCUT2D eigenvalue weighted by Crippen LogP contribution is 2.12. The van der Waals surface area contributed by atoms with Gasteiger partial charge < -0.3 is 5.32 Å². The number of sulfone groups is 1. The topological polar surface area (TPSA) is 87.7 Å². The number of nitrogens with zero attached hydrogens (tertiary/aromatic N) is 2. The molecule has 0 radical (unpaired) electrons. The lowest BCUT2D eigenvalue weighted by molar-refractivity contribution is 0.547. The summed E-state index contributed by atoms with van der Waals surface area (Å²) in [6.07, 6.45) is 3.31. The van der Waals surface area contributed by atoms with Crippen LogP contribution in [0.5, 0.6) is 0 Å². The lowest BCUT2D eigenvalue weighted by Gasteiger charge is -2.11. The Bertz CT molecular complexity index is 359. The van der Waals surface area contributed by atoms with Crippen molar-refractivity contribution in [3.05, 3.63) is 11.9 Å². The summed E-state index contributed by atoms with van der Waals surface area (Å²) in [6.45, 7) is 0. The van der Waals surface area contributed by atoms with Crippen LogP contribution in [0.4, 0.5) is 0 Å². The Labute approximate surface area is 83.0 Å². The molecule has 1 unspecified atom stereocenters. The van der Waals surface area contributed by atoms with E-state index in [1.54, 1.807) is 13.2 Å². The molecule has 0 aromatic carbocycles. The van der Waals surface area contributed by atoms with Crippen LogP contribution in [0.3, 0.4) is 0 Å². The quantitative estimate of drug-likeness (QED) is 0.695. The molecule has 0 aliphatic heterocycles. The van der Waals surface area contributed by atoms with Gasteiger partial charge in [-0.05, 0) is 13.5 Å². The molecule has 0 bridgehead atoms. The minimum absolute atomic E-state index is 0.0662. The summed E-state index contributed by atoms with van der Waals surface area (Å²) in [5.41, 5.74) is 0.733. The Morgan fingerprint density at radius 2 is 2.36 bits per heavy atom. The molecular formula is C7H14N4O2S. The first-order valence-corrected chi connectivity index (χ1v) is 6.29. The fourth-order valence-corrected chi connectivity index (χ4v) is 1.81. The van der Waals surface area contributed by atoms with Gasteiger partial charge in [0.05, 0.1) is 23.7 Å². The molecule has 80 valence electrons. The van der Waals surface area contributed by atoms with E-state index in [0.717, 1.165) is 5.69 Å². The van der Waals surface area contributed by atoms with Crippen molar-refractivity contribution in [2.75, 3.05) is 19.1 Å². The summed E-state index contributed by atoms with van der Waals surface area (Å²) in [7, 11) is -1.15. The maximum Gasteiger partial charge on any atom is 0.147 e. The van der Waals surface area contributed by atoms with Gasteiger partial charge in [-0.15, -0.1) is 0 Å². The molecule has 0 fully saturated rings. The van der Waals surface area contributed by atoms with E-state index in [9.17, 15) is 8.42 Å². The molecule has 1 atom stereocenters. The van der Waals surface area contributed by atoms with Gasteiger partial charge in [0.1, 0.15) is 9.84 Å². The van der Waals surface area contributed by atoms with Crippen LogP contribution in [0.2, 0.25) is 0 Å². The number of nitrogens with one attached hydrogen (secondary N) is 2. The average molecular weight is 218 g/mol. The van der Waals surface area contributed by atoms with E-state index >= 15 is 0 Å². The van der Waals surface area contributed by atoms with Crippen LogP contribution in [0.15, 0.2) is 6.20 Å². The van der Waals surface area contributed by atoms with Gasteiger partial charge in [0.2, 0.25) is 0 Å². The van der Waals surface area contributed by atoms with E-state index in [1.165, 1.54) is 6.26 Å². The molecule has 0 saturated carbocycles. The van der Waals surface area contributed by atoms with Crippen molar-refractivity contribution in [1.29, 1.82) is 0 Å². The molecule has 0 spiro atoms. The van der Waals surface area contributed by atoms with Crippen molar-refractivity contribution in [1.82, 2.24) is 20.7 Å². The fourth-order valence-electron chi connectivity index (χ4n) is 1.15. The predicted octanol–water partition coefficient (Wildman–Crippen LogP) is -0.500. The zero-order chi connectivity index (χ0) is 10.6. The highest BCUT2D eigenvalue weighted by Gasteiger charge is 2.14. The monoisotopic (exact) mass is 218 g/mol. The molecule has 0 amide bonds. The second-order valence-electron chi connectivity index (χ2n) is 3.15. The first-order chi connectivity index (χ1) is 6.53. The summed E-state index contributed by atoms with van der Waals surface area (Å²) in [5, 5.41) is 13.0. The average Bonchev–Trinajstić information content (AvgIpc) is 2.56. The van der Waals surface area contributed by atoms with E-state index in [-0.39, 0.29) is 11.8 Å².